The number of benzene rings is 1. The third-order valence-electron chi connectivity index (χ3n) is 3.49. The number of nitrogens with zero attached hydrogens (tertiary/aromatic N) is 3. The number of aliphatic hydroxyl groups excluding tert-OH is 1. The lowest BCUT2D eigenvalue weighted by Crippen LogP contribution is -2.41. The zero-order chi connectivity index (χ0) is 15.5. The Morgan fingerprint density at radius 1 is 1.50 bits per heavy atom. The van der Waals surface area contributed by atoms with E-state index in [4.69, 9.17) is 28.6 Å². The molecule has 0 bridgehead atoms. The van der Waals surface area contributed by atoms with E-state index in [2.05, 4.69) is 4.98 Å². The minimum Gasteiger partial charge on any atom is -0.501 e. The molecule has 2 heterocycles. The van der Waals surface area contributed by atoms with Crippen molar-refractivity contribution in [2.24, 2.45) is 0 Å². The number of aliphatic hydroxyl groups is 1. The summed E-state index contributed by atoms with van der Waals surface area (Å²) < 4.78 is 7.47. The van der Waals surface area contributed by atoms with Gasteiger partial charge in [0.15, 0.2) is 5.05 Å². The van der Waals surface area contributed by atoms with Crippen molar-refractivity contribution in [1.29, 1.82) is 0 Å². The van der Waals surface area contributed by atoms with Crippen molar-refractivity contribution in [3.05, 3.63) is 48.4 Å². The number of thiocarbonyl (C=S) groups is 1. The molecule has 22 heavy (non-hydrogen) atoms. The Hall–Kier alpha value is -1.47. The van der Waals surface area contributed by atoms with E-state index in [1.807, 2.05) is 39.9 Å². The number of hydrogen-bond donors (Lipinski definition) is 1. The fourth-order valence-electron chi connectivity index (χ4n) is 2.45. The summed E-state index contributed by atoms with van der Waals surface area (Å²) in [5.74, 6) is 0. The van der Waals surface area contributed by atoms with E-state index in [1.165, 1.54) is 0 Å². The van der Waals surface area contributed by atoms with Crippen LogP contribution in [0, 0.1) is 6.54 Å². The Morgan fingerprint density at radius 3 is 3.14 bits per heavy atom. The van der Waals surface area contributed by atoms with Gasteiger partial charge >= 0.3 is 0 Å². The number of rotatable bonds is 4. The van der Waals surface area contributed by atoms with Crippen LogP contribution >= 0.6 is 23.8 Å². The Balaban J connectivity index is 1.84. The standard InChI is InChI=1S/C15H15ClN3O2S/c16-12-3-1-2-11(6-12)13-7-19(10-17-13)14-9-21-5-4-18(14)8-15(20)22/h1-3,6-8,10,14H,4-5,9H2,(H,20,22). The Bertz CT molecular complexity index is 676. The first-order chi connectivity index (χ1) is 10.6. The molecule has 1 radical (unpaired) electrons. The van der Waals surface area contributed by atoms with Crippen molar-refractivity contribution in [2.45, 2.75) is 6.17 Å². The Labute approximate surface area is 139 Å². The molecular formula is C15H15ClN3O2S. The average molecular weight is 337 g/mol. The quantitative estimate of drug-likeness (QED) is 0.869. The highest BCUT2D eigenvalue weighted by molar-refractivity contribution is 7.80. The summed E-state index contributed by atoms with van der Waals surface area (Å²) in [7, 11) is 0. The molecule has 1 aromatic heterocycles. The summed E-state index contributed by atoms with van der Waals surface area (Å²) in [6.07, 6.45) is 3.60. The fourth-order valence-corrected chi connectivity index (χ4v) is 2.78. The maximum atomic E-state index is 9.34. The number of halogens is 1. The second-order valence-electron chi connectivity index (χ2n) is 4.98. The molecule has 3 rings (SSSR count). The number of hydrogen-bond acceptors (Lipinski definition) is 4. The Kier molecular flexibility index (Phi) is 4.73. The predicted molar refractivity (Wildman–Crippen MR) is 88.8 cm³/mol. The molecule has 1 N–H and O–H groups in total. The summed E-state index contributed by atoms with van der Waals surface area (Å²) in [6.45, 7) is 3.33. The van der Waals surface area contributed by atoms with Crippen LogP contribution < -0.4 is 0 Å². The molecule has 0 amide bonds. The van der Waals surface area contributed by atoms with Crippen LogP contribution in [0.2, 0.25) is 5.02 Å². The van der Waals surface area contributed by atoms with Crippen molar-refractivity contribution in [3.8, 4) is 11.3 Å². The van der Waals surface area contributed by atoms with Crippen molar-refractivity contribution in [1.82, 2.24) is 14.5 Å². The van der Waals surface area contributed by atoms with Crippen LogP contribution in [0.1, 0.15) is 6.17 Å². The molecule has 1 saturated heterocycles. The maximum Gasteiger partial charge on any atom is 0.176 e. The molecular weight excluding hydrogens is 322 g/mol. The van der Waals surface area contributed by atoms with Gasteiger partial charge in [0.1, 0.15) is 12.7 Å². The van der Waals surface area contributed by atoms with Crippen LogP contribution in [-0.4, -0.2) is 44.4 Å². The maximum absolute atomic E-state index is 9.34. The lowest BCUT2D eigenvalue weighted by atomic mass is 10.2. The molecule has 7 heteroatoms. The fraction of sp³-hybridized carbons (Fsp3) is 0.267. The zero-order valence-corrected chi connectivity index (χ0v) is 13.3. The van der Waals surface area contributed by atoms with Gasteiger partial charge in [0.25, 0.3) is 0 Å². The van der Waals surface area contributed by atoms with Gasteiger partial charge in [-0.05, 0) is 24.4 Å². The SMILES string of the molecule is OC(=S)[CH]N1CCOCC1n1cnc(-c2cccc(Cl)c2)c1. The third kappa shape index (κ3) is 3.47. The summed E-state index contributed by atoms with van der Waals surface area (Å²) in [5.41, 5.74) is 1.79. The van der Waals surface area contributed by atoms with Gasteiger partial charge in [-0.25, -0.2) is 4.98 Å². The monoisotopic (exact) mass is 336 g/mol. The van der Waals surface area contributed by atoms with E-state index in [9.17, 15) is 5.11 Å². The minimum absolute atomic E-state index is 0.0840. The number of imidazole rings is 1. The van der Waals surface area contributed by atoms with Gasteiger partial charge in [0.05, 0.1) is 25.2 Å². The van der Waals surface area contributed by atoms with E-state index in [1.54, 1.807) is 12.9 Å². The summed E-state index contributed by atoms with van der Waals surface area (Å²) >= 11 is 10.8. The zero-order valence-electron chi connectivity index (χ0n) is 11.7. The van der Waals surface area contributed by atoms with Crippen LogP contribution in [0.5, 0.6) is 0 Å². The van der Waals surface area contributed by atoms with Crippen molar-refractivity contribution < 1.29 is 9.84 Å². The minimum atomic E-state index is -0.137. The number of aromatic nitrogens is 2. The van der Waals surface area contributed by atoms with Crippen molar-refractivity contribution in [3.63, 3.8) is 0 Å². The second-order valence-corrected chi connectivity index (χ2v) is 5.83. The number of ether oxygens (including phenoxy) is 1. The highest BCUT2D eigenvalue weighted by atomic mass is 35.5. The molecule has 1 fully saturated rings. The van der Waals surface area contributed by atoms with Crippen LogP contribution in [0.25, 0.3) is 11.3 Å². The van der Waals surface area contributed by atoms with Gasteiger partial charge in [-0.3, -0.25) is 4.90 Å². The molecule has 1 aromatic carbocycles. The van der Waals surface area contributed by atoms with E-state index < -0.39 is 0 Å². The largest absolute Gasteiger partial charge is 0.501 e. The lowest BCUT2D eigenvalue weighted by molar-refractivity contribution is -0.0197. The van der Waals surface area contributed by atoms with Crippen molar-refractivity contribution >= 4 is 28.9 Å². The summed E-state index contributed by atoms with van der Waals surface area (Å²) in [4.78, 5) is 6.38. The van der Waals surface area contributed by atoms with Gasteiger partial charge in [-0.1, -0.05) is 23.7 Å². The van der Waals surface area contributed by atoms with Gasteiger partial charge in [-0.2, -0.15) is 0 Å². The van der Waals surface area contributed by atoms with Gasteiger partial charge in [-0.15, -0.1) is 0 Å². The van der Waals surface area contributed by atoms with E-state index in [0.717, 1.165) is 11.3 Å². The highest BCUT2D eigenvalue weighted by Gasteiger charge is 2.25. The van der Waals surface area contributed by atoms with E-state index in [0.29, 0.717) is 24.8 Å². The first kappa shape index (κ1) is 15.4. The van der Waals surface area contributed by atoms with Crippen LogP contribution in [0.4, 0.5) is 0 Å². The molecule has 1 aliphatic heterocycles. The topological polar surface area (TPSA) is 50.5 Å². The number of morpholine rings is 1. The van der Waals surface area contributed by atoms with E-state index in [-0.39, 0.29) is 11.2 Å². The van der Waals surface area contributed by atoms with Gasteiger partial charge in [0.2, 0.25) is 0 Å². The molecule has 1 unspecified atom stereocenters. The average Bonchev–Trinajstić information content (AvgIpc) is 2.97. The smallest absolute Gasteiger partial charge is 0.176 e. The first-order valence-corrected chi connectivity index (χ1v) is 7.63. The molecule has 1 atom stereocenters. The normalized spacial score (nSPS) is 19.2. The third-order valence-corrected chi connectivity index (χ3v) is 3.83. The molecule has 0 aliphatic carbocycles. The van der Waals surface area contributed by atoms with Crippen molar-refractivity contribution in [2.75, 3.05) is 19.8 Å². The van der Waals surface area contributed by atoms with E-state index >= 15 is 0 Å². The van der Waals surface area contributed by atoms with Gasteiger partial charge in [0, 0.05) is 23.3 Å². The molecule has 0 spiro atoms. The molecule has 115 valence electrons. The molecule has 2 aromatic rings. The Morgan fingerprint density at radius 2 is 2.36 bits per heavy atom. The first-order valence-electron chi connectivity index (χ1n) is 6.84. The predicted octanol–water partition coefficient (Wildman–Crippen LogP) is 3.08. The molecule has 5 nitrogen and oxygen atoms in total. The summed E-state index contributed by atoms with van der Waals surface area (Å²) in [5, 5.41) is 9.87. The molecule has 0 saturated carbocycles. The highest BCUT2D eigenvalue weighted by Crippen LogP contribution is 2.25. The second kappa shape index (κ2) is 6.75. The van der Waals surface area contributed by atoms with Crippen LogP contribution in [0.3, 0.4) is 0 Å². The molecule has 1 aliphatic rings. The van der Waals surface area contributed by atoms with Crippen LogP contribution in [0.15, 0.2) is 36.8 Å². The summed E-state index contributed by atoms with van der Waals surface area (Å²) in [6, 6.07) is 7.56. The van der Waals surface area contributed by atoms with Crippen LogP contribution in [-0.2, 0) is 4.74 Å². The van der Waals surface area contributed by atoms with Gasteiger partial charge < -0.3 is 14.4 Å². The lowest BCUT2D eigenvalue weighted by Gasteiger charge is -2.35.